The Balaban J connectivity index is 1.76. The highest BCUT2D eigenvalue weighted by Crippen LogP contribution is 2.46. The molecule has 0 atom stereocenters. The van der Waals surface area contributed by atoms with Gasteiger partial charge in [0.1, 0.15) is 5.57 Å². The van der Waals surface area contributed by atoms with Crippen LogP contribution in [0.1, 0.15) is 33.3 Å². The first-order valence-corrected chi connectivity index (χ1v) is 10.9. The van der Waals surface area contributed by atoms with E-state index in [9.17, 15) is 9.59 Å². The van der Waals surface area contributed by atoms with Crippen LogP contribution >= 0.6 is 12.2 Å². The Hall–Kier alpha value is -2.99. The Morgan fingerprint density at radius 2 is 1.45 bits per heavy atom. The third-order valence-electron chi connectivity index (χ3n) is 5.84. The average molecular weight is 436 g/mol. The lowest BCUT2D eigenvalue weighted by atomic mass is 9.84. The number of rotatable bonds is 5. The van der Waals surface area contributed by atoms with E-state index in [-0.39, 0.29) is 27.9 Å². The molecule has 0 spiro atoms. The first-order chi connectivity index (χ1) is 14.8. The summed E-state index contributed by atoms with van der Waals surface area (Å²) in [5.74, 6) is -0.685. The van der Waals surface area contributed by atoms with Crippen molar-refractivity contribution in [2.45, 2.75) is 33.1 Å². The van der Waals surface area contributed by atoms with Crippen LogP contribution in [-0.4, -0.2) is 46.9 Å². The number of hydrogen-bond donors (Lipinski definition) is 0. The van der Waals surface area contributed by atoms with Crippen LogP contribution < -0.4 is 4.90 Å². The number of fused-ring (bicyclic) bond motifs is 1. The molecule has 0 saturated carbocycles. The number of anilines is 1. The van der Waals surface area contributed by atoms with Gasteiger partial charge in [-0.25, -0.2) is 0 Å². The van der Waals surface area contributed by atoms with Crippen molar-refractivity contribution in [1.29, 1.82) is 0 Å². The summed E-state index contributed by atoms with van der Waals surface area (Å²) in [6, 6.07) is 8.44. The lowest BCUT2D eigenvalue weighted by molar-refractivity contribution is -0.133. The minimum atomic E-state index is -0.343. The fraction of sp³-hybridized carbons (Fsp3) is 0.320. The van der Waals surface area contributed by atoms with Crippen LogP contribution in [0.4, 0.5) is 5.69 Å². The highest BCUT2D eigenvalue weighted by molar-refractivity contribution is 7.80. The second-order valence-electron chi connectivity index (χ2n) is 7.98. The third kappa shape index (κ3) is 4.00. The predicted octanol–water partition coefficient (Wildman–Crippen LogP) is 4.33. The molecular weight excluding hydrogens is 406 g/mol. The number of likely N-dealkylation sites (N-methyl/N-ethyl adjacent to an activating group) is 3. The van der Waals surface area contributed by atoms with Gasteiger partial charge in [-0.05, 0) is 49.8 Å². The van der Waals surface area contributed by atoms with Crippen LogP contribution in [0.25, 0.3) is 0 Å². The van der Waals surface area contributed by atoms with Gasteiger partial charge in [0.05, 0.1) is 0 Å². The van der Waals surface area contributed by atoms with E-state index < -0.39 is 0 Å². The standard InChI is InChI=1S/C25H29N3O2S/c1-6-27-22(29)18(23(30)28(7-2)24(27)31)14-10-8-9-11-17-21-25(3,4)19-15-12-13-16-20(19)26(21)5/h8-17H,6-7H2,1-5H3/b10-8+,11-9+,21-17+. The van der Waals surface area contributed by atoms with Crippen LogP contribution in [0.3, 0.4) is 0 Å². The van der Waals surface area contributed by atoms with E-state index in [1.165, 1.54) is 26.7 Å². The first kappa shape index (κ1) is 22.7. The zero-order valence-corrected chi connectivity index (χ0v) is 19.6. The third-order valence-corrected chi connectivity index (χ3v) is 6.28. The molecule has 0 bridgehead atoms. The number of nitrogens with zero attached hydrogens (tertiary/aromatic N) is 3. The molecule has 0 unspecified atom stereocenters. The molecule has 0 radical (unpaired) electrons. The second-order valence-corrected chi connectivity index (χ2v) is 8.35. The minimum absolute atomic E-state index is 0.0754. The monoisotopic (exact) mass is 435 g/mol. The largest absolute Gasteiger partial charge is 0.347 e. The molecule has 5 nitrogen and oxygen atoms in total. The van der Waals surface area contributed by atoms with E-state index in [4.69, 9.17) is 12.2 Å². The zero-order valence-electron chi connectivity index (χ0n) is 18.8. The molecule has 1 saturated heterocycles. The Kier molecular flexibility index (Phi) is 6.60. The number of para-hydroxylation sites is 1. The smallest absolute Gasteiger partial charge is 0.265 e. The van der Waals surface area contributed by atoms with Crippen molar-refractivity contribution < 1.29 is 9.59 Å². The van der Waals surface area contributed by atoms with E-state index >= 15 is 0 Å². The van der Waals surface area contributed by atoms with Gasteiger partial charge < -0.3 is 4.90 Å². The van der Waals surface area contributed by atoms with Gasteiger partial charge in [0.2, 0.25) is 0 Å². The maximum atomic E-state index is 12.6. The number of carbonyl (C=O) groups excluding carboxylic acids is 2. The maximum Gasteiger partial charge on any atom is 0.265 e. The van der Waals surface area contributed by atoms with Crippen molar-refractivity contribution >= 4 is 34.8 Å². The highest BCUT2D eigenvalue weighted by Gasteiger charge is 2.38. The summed E-state index contributed by atoms with van der Waals surface area (Å²) in [7, 11) is 2.08. The molecule has 31 heavy (non-hydrogen) atoms. The molecule has 1 aromatic carbocycles. The van der Waals surface area contributed by atoms with Gasteiger partial charge in [0.15, 0.2) is 5.11 Å². The van der Waals surface area contributed by atoms with Crippen molar-refractivity contribution in [1.82, 2.24) is 9.80 Å². The summed E-state index contributed by atoms with van der Waals surface area (Å²) < 4.78 is 0. The number of amides is 2. The average Bonchev–Trinajstić information content (AvgIpc) is 2.93. The molecule has 6 heteroatoms. The topological polar surface area (TPSA) is 43.9 Å². The van der Waals surface area contributed by atoms with Crippen molar-refractivity contribution in [2.75, 3.05) is 25.0 Å². The summed E-state index contributed by atoms with van der Waals surface area (Å²) in [5.41, 5.74) is 3.80. The Morgan fingerprint density at radius 1 is 0.903 bits per heavy atom. The van der Waals surface area contributed by atoms with E-state index in [0.29, 0.717) is 13.1 Å². The SMILES string of the molecule is CCN1C(=O)C(=C/C=C/C=C/C=C2/N(C)c3ccccc3C2(C)C)C(=O)N(CC)C1=S. The lowest BCUT2D eigenvalue weighted by Crippen LogP contribution is -2.55. The first-order valence-electron chi connectivity index (χ1n) is 10.5. The number of allylic oxidation sites excluding steroid dienone is 7. The van der Waals surface area contributed by atoms with Crippen LogP contribution in [-0.2, 0) is 15.0 Å². The second kappa shape index (κ2) is 9.02. The fourth-order valence-corrected chi connectivity index (χ4v) is 4.55. The summed E-state index contributed by atoms with van der Waals surface area (Å²) in [5, 5.41) is 0.275. The molecule has 2 heterocycles. The summed E-state index contributed by atoms with van der Waals surface area (Å²) in [6.45, 7) is 9.00. The van der Waals surface area contributed by atoms with Gasteiger partial charge in [0, 0.05) is 36.9 Å². The summed E-state index contributed by atoms with van der Waals surface area (Å²) in [4.78, 5) is 30.3. The Labute approximate surface area is 190 Å². The number of benzene rings is 1. The molecular formula is C25H29N3O2S. The van der Waals surface area contributed by atoms with Crippen molar-refractivity contribution in [3.8, 4) is 0 Å². The molecule has 1 fully saturated rings. The number of carbonyl (C=O) groups is 2. The van der Waals surface area contributed by atoms with Gasteiger partial charge in [-0.15, -0.1) is 0 Å². The fourth-order valence-electron chi connectivity index (χ4n) is 4.13. The van der Waals surface area contributed by atoms with E-state index in [2.05, 4.69) is 56.1 Å². The molecule has 162 valence electrons. The quantitative estimate of drug-likeness (QED) is 0.299. The molecule has 3 rings (SSSR count). The van der Waals surface area contributed by atoms with Crippen LogP contribution in [0, 0.1) is 0 Å². The lowest BCUT2D eigenvalue weighted by Gasteiger charge is -2.35. The van der Waals surface area contributed by atoms with Crippen molar-refractivity contribution in [3.05, 3.63) is 77.6 Å². The van der Waals surface area contributed by atoms with Crippen LogP contribution in [0.15, 0.2) is 72.0 Å². The molecule has 1 aromatic rings. The van der Waals surface area contributed by atoms with Gasteiger partial charge >= 0.3 is 0 Å². The summed E-state index contributed by atoms with van der Waals surface area (Å²) in [6.07, 6.45) is 11.1. The van der Waals surface area contributed by atoms with Gasteiger partial charge in [-0.3, -0.25) is 19.4 Å². The van der Waals surface area contributed by atoms with Crippen LogP contribution in [0.5, 0.6) is 0 Å². The van der Waals surface area contributed by atoms with E-state index in [0.717, 1.165) is 0 Å². The molecule has 2 amide bonds. The van der Waals surface area contributed by atoms with Gasteiger partial charge in [-0.1, -0.05) is 56.4 Å². The van der Waals surface area contributed by atoms with Crippen molar-refractivity contribution in [2.24, 2.45) is 0 Å². The molecule has 2 aliphatic heterocycles. The predicted molar refractivity (Wildman–Crippen MR) is 130 cm³/mol. The van der Waals surface area contributed by atoms with Crippen LogP contribution in [0.2, 0.25) is 0 Å². The maximum absolute atomic E-state index is 12.6. The normalized spacial score (nSPS) is 20.0. The van der Waals surface area contributed by atoms with Gasteiger partial charge in [0.25, 0.3) is 11.8 Å². The molecule has 0 aliphatic carbocycles. The summed E-state index contributed by atoms with van der Waals surface area (Å²) >= 11 is 5.27. The molecule has 0 aromatic heterocycles. The Morgan fingerprint density at radius 3 is 2.00 bits per heavy atom. The molecule has 2 aliphatic rings. The Bertz CT molecular complexity index is 1000. The zero-order chi connectivity index (χ0) is 22.8. The minimum Gasteiger partial charge on any atom is -0.347 e. The highest BCUT2D eigenvalue weighted by atomic mass is 32.1. The van der Waals surface area contributed by atoms with Crippen molar-refractivity contribution in [3.63, 3.8) is 0 Å². The van der Waals surface area contributed by atoms with Gasteiger partial charge in [-0.2, -0.15) is 0 Å². The number of thiocarbonyl (C=S) groups is 1. The molecule has 0 N–H and O–H groups in total. The number of hydrogen-bond acceptors (Lipinski definition) is 4. The van der Waals surface area contributed by atoms with E-state index in [1.807, 2.05) is 32.1 Å². The van der Waals surface area contributed by atoms with E-state index in [1.54, 1.807) is 12.2 Å².